The molecule has 37 heavy (non-hydrogen) atoms. The van der Waals surface area contributed by atoms with Gasteiger partial charge in [-0.15, -0.1) is 0 Å². The molecular formula is C27H31IN2O7. The van der Waals surface area contributed by atoms with Gasteiger partial charge >= 0.3 is 6.03 Å². The highest BCUT2D eigenvalue weighted by Crippen LogP contribution is 2.35. The summed E-state index contributed by atoms with van der Waals surface area (Å²) < 4.78 is 23.6. The van der Waals surface area contributed by atoms with Crippen molar-refractivity contribution >= 4 is 46.5 Å². The van der Waals surface area contributed by atoms with E-state index in [1.54, 1.807) is 30.3 Å². The van der Waals surface area contributed by atoms with E-state index < -0.39 is 17.8 Å². The second kappa shape index (κ2) is 13.3. The van der Waals surface area contributed by atoms with Crippen molar-refractivity contribution in [2.45, 2.75) is 40.7 Å². The standard InChI is InChI=1S/C27H31IN2O7/c1-5-11-37-21-10-9-17(14-22(21)34-6-2)16-30-26(32)19(25(31)29-27(30)33)12-18-13-20(28)24(36-8-4)23(15-18)35-7-3/h9-10,12-15H,5-8,11,16H2,1-4H3,(H,29,31,33)/b19-12+. The molecule has 0 spiro atoms. The van der Waals surface area contributed by atoms with Gasteiger partial charge in [0.25, 0.3) is 11.8 Å². The Labute approximate surface area is 230 Å². The Morgan fingerprint density at radius 1 is 0.865 bits per heavy atom. The number of carbonyl (C=O) groups excluding carboxylic acids is 3. The number of rotatable bonds is 12. The molecule has 0 saturated carbocycles. The van der Waals surface area contributed by atoms with Gasteiger partial charge < -0.3 is 18.9 Å². The number of hydrogen-bond donors (Lipinski definition) is 1. The second-order valence-corrected chi connectivity index (χ2v) is 9.13. The minimum absolute atomic E-state index is 0.0472. The quantitative estimate of drug-likeness (QED) is 0.203. The van der Waals surface area contributed by atoms with Crippen LogP contribution in [0.1, 0.15) is 45.2 Å². The minimum Gasteiger partial charge on any atom is -0.490 e. The summed E-state index contributed by atoms with van der Waals surface area (Å²) in [4.78, 5) is 39.5. The zero-order valence-electron chi connectivity index (χ0n) is 21.4. The number of carbonyl (C=O) groups is 3. The summed E-state index contributed by atoms with van der Waals surface area (Å²) in [7, 11) is 0. The average Bonchev–Trinajstić information content (AvgIpc) is 2.86. The number of nitrogens with zero attached hydrogens (tertiary/aromatic N) is 1. The monoisotopic (exact) mass is 622 g/mol. The van der Waals surface area contributed by atoms with E-state index in [4.69, 9.17) is 18.9 Å². The first-order chi connectivity index (χ1) is 17.8. The Hall–Kier alpha value is -3.28. The van der Waals surface area contributed by atoms with E-state index in [1.165, 1.54) is 6.08 Å². The van der Waals surface area contributed by atoms with Crippen LogP contribution in [0.15, 0.2) is 35.9 Å². The van der Waals surface area contributed by atoms with Gasteiger partial charge in [-0.1, -0.05) is 13.0 Å². The van der Waals surface area contributed by atoms with E-state index in [0.717, 1.165) is 14.9 Å². The van der Waals surface area contributed by atoms with Crippen molar-refractivity contribution in [3.8, 4) is 23.0 Å². The van der Waals surface area contributed by atoms with Crippen LogP contribution in [-0.2, 0) is 16.1 Å². The lowest BCUT2D eigenvalue weighted by atomic mass is 10.1. The van der Waals surface area contributed by atoms with Gasteiger partial charge in [0.05, 0.1) is 36.5 Å². The molecule has 0 unspecified atom stereocenters. The third-order valence-corrected chi connectivity index (χ3v) is 6.03. The van der Waals surface area contributed by atoms with Crippen molar-refractivity contribution in [1.29, 1.82) is 0 Å². The summed E-state index contributed by atoms with van der Waals surface area (Å²) >= 11 is 2.12. The number of halogens is 1. The third-order valence-electron chi connectivity index (χ3n) is 5.23. The summed E-state index contributed by atoms with van der Waals surface area (Å²) in [6.45, 7) is 9.41. The molecule has 0 bridgehead atoms. The van der Waals surface area contributed by atoms with Crippen LogP contribution in [0.5, 0.6) is 23.0 Å². The second-order valence-electron chi connectivity index (χ2n) is 7.97. The topological polar surface area (TPSA) is 103 Å². The van der Waals surface area contributed by atoms with Crippen LogP contribution in [0, 0.1) is 3.57 Å². The van der Waals surface area contributed by atoms with Crippen LogP contribution in [0.25, 0.3) is 6.08 Å². The van der Waals surface area contributed by atoms with E-state index in [-0.39, 0.29) is 12.1 Å². The van der Waals surface area contributed by atoms with Crippen molar-refractivity contribution < 1.29 is 33.3 Å². The molecule has 3 rings (SSSR count). The fraction of sp³-hybridized carbons (Fsp3) is 0.370. The molecular weight excluding hydrogens is 591 g/mol. The van der Waals surface area contributed by atoms with Crippen molar-refractivity contribution in [2.24, 2.45) is 0 Å². The van der Waals surface area contributed by atoms with Crippen LogP contribution < -0.4 is 24.3 Å². The Balaban J connectivity index is 1.91. The first-order valence-corrected chi connectivity index (χ1v) is 13.3. The molecule has 4 amide bonds. The predicted octanol–water partition coefficient (Wildman–Crippen LogP) is 4.94. The van der Waals surface area contributed by atoms with Crippen LogP contribution in [0.4, 0.5) is 4.79 Å². The maximum atomic E-state index is 13.3. The molecule has 1 N–H and O–H groups in total. The minimum atomic E-state index is -0.785. The molecule has 2 aromatic rings. The molecule has 0 aromatic heterocycles. The van der Waals surface area contributed by atoms with Crippen LogP contribution in [-0.4, -0.2) is 49.2 Å². The van der Waals surface area contributed by atoms with E-state index in [0.29, 0.717) is 60.6 Å². The molecule has 1 saturated heterocycles. The fourth-order valence-electron chi connectivity index (χ4n) is 3.66. The molecule has 9 nitrogen and oxygen atoms in total. The van der Waals surface area contributed by atoms with E-state index in [9.17, 15) is 14.4 Å². The predicted molar refractivity (Wildman–Crippen MR) is 147 cm³/mol. The molecule has 0 aliphatic carbocycles. The molecule has 1 aliphatic rings. The van der Waals surface area contributed by atoms with Gasteiger partial charge in [-0.25, -0.2) is 4.79 Å². The summed E-state index contributed by atoms with van der Waals surface area (Å²) in [5.74, 6) is 0.769. The van der Waals surface area contributed by atoms with E-state index >= 15 is 0 Å². The lowest BCUT2D eigenvalue weighted by Gasteiger charge is -2.26. The van der Waals surface area contributed by atoms with Crippen molar-refractivity contribution in [1.82, 2.24) is 10.2 Å². The maximum absolute atomic E-state index is 13.3. The van der Waals surface area contributed by atoms with Crippen LogP contribution >= 0.6 is 22.6 Å². The molecule has 10 heteroatoms. The molecule has 1 fully saturated rings. The van der Waals surface area contributed by atoms with Crippen molar-refractivity contribution in [3.05, 3.63) is 50.6 Å². The SMILES string of the molecule is CCCOc1ccc(CN2C(=O)NC(=O)/C(=C\c3cc(I)c(OCC)c(OCC)c3)C2=O)cc1OCC. The number of barbiturate groups is 1. The highest BCUT2D eigenvalue weighted by Gasteiger charge is 2.36. The highest BCUT2D eigenvalue weighted by atomic mass is 127. The number of benzene rings is 2. The first-order valence-electron chi connectivity index (χ1n) is 12.2. The lowest BCUT2D eigenvalue weighted by Crippen LogP contribution is -2.53. The summed E-state index contributed by atoms with van der Waals surface area (Å²) in [6.07, 6.45) is 2.29. The molecule has 198 valence electrons. The number of ether oxygens (including phenoxy) is 4. The van der Waals surface area contributed by atoms with Gasteiger partial charge in [-0.05, 0) is 91.3 Å². The molecule has 1 heterocycles. The highest BCUT2D eigenvalue weighted by molar-refractivity contribution is 14.1. The number of urea groups is 1. The third kappa shape index (κ3) is 6.94. The van der Waals surface area contributed by atoms with Gasteiger partial charge in [0, 0.05) is 0 Å². The van der Waals surface area contributed by atoms with Gasteiger partial charge in [0.2, 0.25) is 0 Å². The summed E-state index contributed by atoms with van der Waals surface area (Å²) in [5.41, 5.74) is 1.06. The fourth-order valence-corrected chi connectivity index (χ4v) is 4.44. The first kappa shape index (κ1) is 28.3. The van der Waals surface area contributed by atoms with Crippen LogP contribution in [0.3, 0.4) is 0 Å². The number of nitrogens with one attached hydrogen (secondary N) is 1. The summed E-state index contributed by atoms with van der Waals surface area (Å²) in [6, 6.07) is 7.95. The Bertz CT molecular complexity index is 1200. The Morgan fingerprint density at radius 3 is 2.24 bits per heavy atom. The zero-order valence-corrected chi connectivity index (χ0v) is 23.5. The van der Waals surface area contributed by atoms with Crippen LogP contribution in [0.2, 0.25) is 0 Å². The maximum Gasteiger partial charge on any atom is 0.331 e. The number of amides is 4. The van der Waals surface area contributed by atoms with Crippen molar-refractivity contribution in [2.75, 3.05) is 26.4 Å². The molecule has 0 radical (unpaired) electrons. The average molecular weight is 622 g/mol. The molecule has 1 aliphatic heterocycles. The van der Waals surface area contributed by atoms with Gasteiger partial charge in [0.1, 0.15) is 5.57 Å². The van der Waals surface area contributed by atoms with Gasteiger partial charge in [-0.2, -0.15) is 0 Å². The summed E-state index contributed by atoms with van der Waals surface area (Å²) in [5, 5.41) is 2.26. The molecule has 0 atom stereocenters. The Kier molecular flexibility index (Phi) is 10.2. The van der Waals surface area contributed by atoms with Crippen molar-refractivity contribution in [3.63, 3.8) is 0 Å². The normalized spacial score (nSPS) is 14.6. The number of hydrogen-bond acceptors (Lipinski definition) is 7. The Morgan fingerprint density at radius 2 is 1.57 bits per heavy atom. The van der Waals surface area contributed by atoms with E-state index in [2.05, 4.69) is 27.9 Å². The number of imide groups is 2. The smallest absolute Gasteiger partial charge is 0.331 e. The van der Waals surface area contributed by atoms with Gasteiger partial charge in [0.15, 0.2) is 23.0 Å². The zero-order chi connectivity index (χ0) is 26.9. The lowest BCUT2D eigenvalue weighted by molar-refractivity contribution is -0.130. The van der Waals surface area contributed by atoms with E-state index in [1.807, 2.05) is 27.7 Å². The van der Waals surface area contributed by atoms with Gasteiger partial charge in [-0.3, -0.25) is 19.8 Å². The molecule has 2 aromatic carbocycles. The largest absolute Gasteiger partial charge is 0.490 e.